The zero-order valence-corrected chi connectivity index (χ0v) is 12.1. The molecule has 0 spiro atoms. The van der Waals surface area contributed by atoms with Gasteiger partial charge in [0.2, 0.25) is 0 Å². The lowest BCUT2D eigenvalue weighted by atomic mass is 9.90. The standard InChI is InChI=1S/C17H23NO2/c1-2-20-17(19)5-3-4-14-6-8-15(9-7-14)16-10-12-18-13-11-16/h3-4,6-9,16,18H,2,5,10-13H2,1H3. The Bertz CT molecular complexity index is 445. The highest BCUT2D eigenvalue weighted by Crippen LogP contribution is 2.25. The first-order valence-corrected chi connectivity index (χ1v) is 7.42. The van der Waals surface area contributed by atoms with Gasteiger partial charge in [0.05, 0.1) is 13.0 Å². The number of piperidine rings is 1. The van der Waals surface area contributed by atoms with Crippen LogP contribution in [-0.2, 0) is 9.53 Å². The van der Waals surface area contributed by atoms with E-state index in [9.17, 15) is 4.79 Å². The van der Waals surface area contributed by atoms with Crippen LogP contribution in [0.2, 0.25) is 0 Å². The summed E-state index contributed by atoms with van der Waals surface area (Å²) in [6.07, 6.45) is 6.61. The molecule has 0 aromatic heterocycles. The van der Waals surface area contributed by atoms with Gasteiger partial charge in [0.1, 0.15) is 0 Å². The van der Waals surface area contributed by atoms with Crippen LogP contribution >= 0.6 is 0 Å². The van der Waals surface area contributed by atoms with Gasteiger partial charge >= 0.3 is 5.97 Å². The van der Waals surface area contributed by atoms with Gasteiger partial charge in [-0.1, -0.05) is 36.4 Å². The fraction of sp³-hybridized carbons (Fsp3) is 0.471. The first-order valence-electron chi connectivity index (χ1n) is 7.42. The highest BCUT2D eigenvalue weighted by atomic mass is 16.5. The van der Waals surface area contributed by atoms with Crippen molar-refractivity contribution in [1.82, 2.24) is 5.32 Å². The first-order chi connectivity index (χ1) is 9.79. The summed E-state index contributed by atoms with van der Waals surface area (Å²) in [5.74, 6) is 0.517. The number of ether oxygens (including phenoxy) is 1. The van der Waals surface area contributed by atoms with Crippen LogP contribution in [0.3, 0.4) is 0 Å². The van der Waals surface area contributed by atoms with Crippen molar-refractivity contribution in [2.24, 2.45) is 0 Å². The molecule has 108 valence electrons. The Morgan fingerprint density at radius 2 is 2.00 bits per heavy atom. The molecule has 0 atom stereocenters. The van der Waals surface area contributed by atoms with Gasteiger partial charge < -0.3 is 10.1 Å². The zero-order valence-electron chi connectivity index (χ0n) is 12.1. The Morgan fingerprint density at radius 3 is 2.65 bits per heavy atom. The van der Waals surface area contributed by atoms with Gasteiger partial charge in [-0.2, -0.15) is 0 Å². The molecule has 3 nitrogen and oxygen atoms in total. The van der Waals surface area contributed by atoms with E-state index in [0.29, 0.717) is 18.9 Å². The van der Waals surface area contributed by atoms with Gasteiger partial charge in [-0.3, -0.25) is 4.79 Å². The number of esters is 1. The summed E-state index contributed by atoms with van der Waals surface area (Å²) >= 11 is 0. The second kappa shape index (κ2) is 7.85. The average molecular weight is 273 g/mol. The minimum absolute atomic E-state index is 0.171. The lowest BCUT2D eigenvalue weighted by molar-refractivity contribution is -0.142. The number of carbonyl (C=O) groups excluding carboxylic acids is 1. The minimum atomic E-state index is -0.171. The van der Waals surface area contributed by atoms with Crippen molar-refractivity contribution in [2.45, 2.75) is 32.1 Å². The van der Waals surface area contributed by atoms with Crippen molar-refractivity contribution < 1.29 is 9.53 Å². The summed E-state index contributed by atoms with van der Waals surface area (Å²) in [6, 6.07) is 8.66. The van der Waals surface area contributed by atoms with E-state index in [2.05, 4.69) is 29.6 Å². The predicted octanol–water partition coefficient (Wildman–Crippen LogP) is 3.12. The van der Waals surface area contributed by atoms with E-state index in [1.54, 1.807) is 0 Å². The van der Waals surface area contributed by atoms with Gasteiger partial charge in [-0.25, -0.2) is 0 Å². The molecule has 1 saturated heterocycles. The third-order valence-corrected chi connectivity index (χ3v) is 3.65. The Kier molecular flexibility index (Phi) is 5.81. The molecule has 0 aliphatic carbocycles. The molecule has 0 saturated carbocycles. The third kappa shape index (κ3) is 4.49. The van der Waals surface area contributed by atoms with Crippen LogP contribution < -0.4 is 5.32 Å². The van der Waals surface area contributed by atoms with E-state index >= 15 is 0 Å². The monoisotopic (exact) mass is 273 g/mol. The van der Waals surface area contributed by atoms with Crippen LogP contribution in [0.4, 0.5) is 0 Å². The van der Waals surface area contributed by atoms with Crippen molar-refractivity contribution in [3.63, 3.8) is 0 Å². The van der Waals surface area contributed by atoms with Crippen molar-refractivity contribution in [2.75, 3.05) is 19.7 Å². The SMILES string of the molecule is CCOC(=O)CC=Cc1ccc(C2CCNCC2)cc1. The van der Waals surface area contributed by atoms with Crippen LogP contribution in [0.1, 0.15) is 43.2 Å². The smallest absolute Gasteiger partial charge is 0.309 e. The molecular weight excluding hydrogens is 250 g/mol. The van der Waals surface area contributed by atoms with Gasteiger partial charge in [-0.05, 0) is 49.9 Å². The summed E-state index contributed by atoms with van der Waals surface area (Å²) < 4.78 is 4.88. The number of rotatable bonds is 5. The molecule has 1 heterocycles. The molecule has 1 aromatic rings. The second-order valence-corrected chi connectivity index (χ2v) is 5.10. The van der Waals surface area contributed by atoms with Gasteiger partial charge in [0.15, 0.2) is 0 Å². The number of hydrogen-bond acceptors (Lipinski definition) is 3. The maximum atomic E-state index is 11.2. The normalized spacial score (nSPS) is 16.4. The van der Waals surface area contributed by atoms with E-state index in [0.717, 1.165) is 18.7 Å². The maximum Gasteiger partial charge on any atom is 0.309 e. The van der Waals surface area contributed by atoms with Crippen LogP contribution in [0, 0.1) is 0 Å². The number of hydrogen-bond donors (Lipinski definition) is 1. The van der Waals surface area contributed by atoms with Crippen molar-refractivity contribution in [3.8, 4) is 0 Å². The molecule has 1 N–H and O–H groups in total. The van der Waals surface area contributed by atoms with E-state index in [-0.39, 0.29) is 5.97 Å². The predicted molar refractivity (Wildman–Crippen MR) is 81.6 cm³/mol. The van der Waals surface area contributed by atoms with Crippen molar-refractivity contribution >= 4 is 12.0 Å². The number of nitrogens with one attached hydrogen (secondary N) is 1. The van der Waals surface area contributed by atoms with Crippen LogP contribution in [0.25, 0.3) is 6.08 Å². The molecule has 2 rings (SSSR count). The zero-order chi connectivity index (χ0) is 14.2. The lowest BCUT2D eigenvalue weighted by Crippen LogP contribution is -2.26. The molecule has 0 amide bonds. The van der Waals surface area contributed by atoms with Crippen LogP contribution in [0.5, 0.6) is 0 Å². The highest BCUT2D eigenvalue weighted by Gasteiger charge is 2.14. The van der Waals surface area contributed by atoms with Gasteiger partial charge in [-0.15, -0.1) is 0 Å². The largest absolute Gasteiger partial charge is 0.466 e. The highest BCUT2D eigenvalue weighted by molar-refractivity contribution is 5.72. The molecular formula is C17H23NO2. The summed E-state index contributed by atoms with van der Waals surface area (Å²) in [5, 5.41) is 3.39. The van der Waals surface area contributed by atoms with Gasteiger partial charge in [0, 0.05) is 0 Å². The topological polar surface area (TPSA) is 38.3 Å². The van der Waals surface area contributed by atoms with E-state index in [1.165, 1.54) is 18.4 Å². The average Bonchev–Trinajstić information content (AvgIpc) is 2.49. The fourth-order valence-corrected chi connectivity index (χ4v) is 2.55. The Labute approximate surface area is 121 Å². The minimum Gasteiger partial charge on any atom is -0.466 e. The molecule has 0 bridgehead atoms. The van der Waals surface area contributed by atoms with E-state index in [4.69, 9.17) is 4.74 Å². The van der Waals surface area contributed by atoms with Crippen LogP contribution in [-0.4, -0.2) is 25.7 Å². The Balaban J connectivity index is 1.87. The third-order valence-electron chi connectivity index (χ3n) is 3.65. The molecule has 20 heavy (non-hydrogen) atoms. The summed E-state index contributed by atoms with van der Waals surface area (Å²) in [4.78, 5) is 11.2. The Hall–Kier alpha value is -1.61. The maximum absolute atomic E-state index is 11.2. The Morgan fingerprint density at radius 1 is 1.30 bits per heavy atom. The second-order valence-electron chi connectivity index (χ2n) is 5.10. The molecule has 0 radical (unpaired) electrons. The molecule has 1 aliphatic heterocycles. The summed E-state index contributed by atoms with van der Waals surface area (Å²) in [6.45, 7) is 4.50. The summed E-state index contributed by atoms with van der Waals surface area (Å²) in [5.41, 5.74) is 2.56. The summed E-state index contributed by atoms with van der Waals surface area (Å²) in [7, 11) is 0. The van der Waals surface area contributed by atoms with Crippen molar-refractivity contribution in [3.05, 3.63) is 41.5 Å². The molecule has 3 heteroatoms. The van der Waals surface area contributed by atoms with Crippen LogP contribution in [0.15, 0.2) is 30.3 Å². The fourth-order valence-electron chi connectivity index (χ4n) is 2.55. The molecule has 1 aromatic carbocycles. The molecule has 1 aliphatic rings. The number of benzene rings is 1. The lowest BCUT2D eigenvalue weighted by Gasteiger charge is -2.22. The quantitative estimate of drug-likeness (QED) is 0.838. The van der Waals surface area contributed by atoms with E-state index in [1.807, 2.05) is 19.1 Å². The van der Waals surface area contributed by atoms with E-state index < -0.39 is 0 Å². The van der Waals surface area contributed by atoms with Crippen molar-refractivity contribution in [1.29, 1.82) is 0 Å². The molecule has 1 fully saturated rings. The molecule has 0 unspecified atom stereocenters. The van der Waals surface area contributed by atoms with Gasteiger partial charge in [0.25, 0.3) is 0 Å². The number of carbonyl (C=O) groups is 1. The first kappa shape index (κ1) is 14.8.